The molecule has 3 N–H and O–H groups in total. The first-order valence-corrected chi connectivity index (χ1v) is 6.98. The number of hydrogen-bond acceptors (Lipinski definition) is 3. The van der Waals surface area contributed by atoms with Crippen LogP contribution in [0.2, 0.25) is 0 Å². The van der Waals surface area contributed by atoms with Crippen LogP contribution in [-0.4, -0.2) is 24.9 Å². The zero-order chi connectivity index (χ0) is 15.4. The van der Waals surface area contributed by atoms with Gasteiger partial charge in [0.25, 0.3) is 5.91 Å². The van der Waals surface area contributed by atoms with E-state index < -0.39 is 0 Å². The molecule has 0 fully saturated rings. The van der Waals surface area contributed by atoms with Gasteiger partial charge in [0.2, 0.25) is 0 Å². The second kappa shape index (κ2) is 6.31. The number of rotatable bonds is 4. The van der Waals surface area contributed by atoms with Crippen LogP contribution >= 0.6 is 0 Å². The Balaban J connectivity index is 2.26. The maximum absolute atomic E-state index is 12.0. The molecule has 0 saturated carbocycles. The molecule has 2 rings (SSSR count). The van der Waals surface area contributed by atoms with Gasteiger partial charge in [-0.15, -0.1) is 0 Å². The maximum Gasteiger partial charge on any atom is 0.253 e. The van der Waals surface area contributed by atoms with Crippen molar-refractivity contribution < 1.29 is 4.79 Å². The van der Waals surface area contributed by atoms with Crippen molar-refractivity contribution in [2.75, 3.05) is 25.1 Å². The van der Waals surface area contributed by atoms with Crippen molar-refractivity contribution in [2.45, 2.75) is 13.3 Å². The molecule has 0 aromatic heterocycles. The van der Waals surface area contributed by atoms with E-state index in [4.69, 9.17) is 5.73 Å². The lowest BCUT2D eigenvalue weighted by Crippen LogP contribution is -2.21. The summed E-state index contributed by atoms with van der Waals surface area (Å²) in [5.74, 6) is -0.0422. The van der Waals surface area contributed by atoms with Crippen LogP contribution in [0.4, 0.5) is 17.1 Å². The third kappa shape index (κ3) is 3.54. The molecule has 0 bridgehead atoms. The average molecular weight is 283 g/mol. The molecule has 0 spiro atoms. The Morgan fingerprint density at radius 2 is 1.81 bits per heavy atom. The fraction of sp³-hybridized carbons (Fsp3) is 0.235. The van der Waals surface area contributed by atoms with Gasteiger partial charge in [-0.05, 0) is 42.3 Å². The van der Waals surface area contributed by atoms with Gasteiger partial charge in [0, 0.05) is 25.3 Å². The summed E-state index contributed by atoms with van der Waals surface area (Å²) < 4.78 is 0. The number of nitrogens with two attached hydrogens (primary N) is 1. The quantitative estimate of drug-likeness (QED) is 0.847. The molecule has 4 nitrogen and oxygen atoms in total. The van der Waals surface area contributed by atoms with Crippen LogP contribution in [0.1, 0.15) is 22.8 Å². The fourth-order valence-corrected chi connectivity index (χ4v) is 2.04. The standard InChI is InChI=1S/C17H21N3O/c1-4-12-5-8-14(9-6-12)19-16-11-13(7-10-15(16)18)17(21)20(2)3/h5-11,19H,4,18H2,1-3H3. The van der Waals surface area contributed by atoms with Gasteiger partial charge < -0.3 is 16.0 Å². The van der Waals surface area contributed by atoms with E-state index in [-0.39, 0.29) is 5.91 Å². The first-order chi connectivity index (χ1) is 10.0. The van der Waals surface area contributed by atoms with E-state index in [9.17, 15) is 4.79 Å². The van der Waals surface area contributed by atoms with Gasteiger partial charge in [-0.1, -0.05) is 19.1 Å². The summed E-state index contributed by atoms with van der Waals surface area (Å²) in [6.45, 7) is 2.12. The fourth-order valence-electron chi connectivity index (χ4n) is 2.04. The third-order valence-corrected chi connectivity index (χ3v) is 3.35. The molecule has 0 aliphatic rings. The summed E-state index contributed by atoms with van der Waals surface area (Å²) >= 11 is 0. The first kappa shape index (κ1) is 14.9. The summed E-state index contributed by atoms with van der Waals surface area (Å²) in [6, 6.07) is 13.5. The van der Waals surface area contributed by atoms with Crippen molar-refractivity contribution in [2.24, 2.45) is 0 Å². The summed E-state index contributed by atoms with van der Waals surface area (Å²) in [5.41, 5.74) is 10.2. The molecule has 1 amide bonds. The smallest absolute Gasteiger partial charge is 0.253 e. The van der Waals surface area contributed by atoms with E-state index in [1.54, 1.807) is 37.2 Å². The Morgan fingerprint density at radius 3 is 2.38 bits per heavy atom. The minimum absolute atomic E-state index is 0.0422. The molecule has 0 saturated heterocycles. The van der Waals surface area contributed by atoms with E-state index in [0.717, 1.165) is 17.8 Å². The molecular weight excluding hydrogens is 262 g/mol. The summed E-state index contributed by atoms with van der Waals surface area (Å²) in [5, 5.41) is 3.26. The van der Waals surface area contributed by atoms with Crippen molar-refractivity contribution in [1.29, 1.82) is 0 Å². The molecule has 0 radical (unpaired) electrons. The van der Waals surface area contributed by atoms with Gasteiger partial charge in [0.1, 0.15) is 0 Å². The molecular formula is C17H21N3O. The predicted octanol–water partition coefficient (Wildman–Crippen LogP) is 3.28. The van der Waals surface area contributed by atoms with E-state index in [1.807, 2.05) is 12.1 Å². The van der Waals surface area contributed by atoms with E-state index in [0.29, 0.717) is 11.3 Å². The number of nitrogens with one attached hydrogen (secondary N) is 1. The lowest BCUT2D eigenvalue weighted by Gasteiger charge is -2.14. The number of benzene rings is 2. The number of nitrogen functional groups attached to an aromatic ring is 1. The molecule has 0 atom stereocenters. The zero-order valence-corrected chi connectivity index (χ0v) is 12.7. The second-order valence-electron chi connectivity index (χ2n) is 5.18. The van der Waals surface area contributed by atoms with Crippen LogP contribution in [0, 0.1) is 0 Å². The number of hydrogen-bond donors (Lipinski definition) is 2. The van der Waals surface area contributed by atoms with Gasteiger partial charge in [0.15, 0.2) is 0 Å². The molecule has 0 aliphatic heterocycles. The highest BCUT2D eigenvalue weighted by Crippen LogP contribution is 2.25. The van der Waals surface area contributed by atoms with Crippen LogP contribution < -0.4 is 11.1 Å². The SMILES string of the molecule is CCc1ccc(Nc2cc(C(=O)N(C)C)ccc2N)cc1. The lowest BCUT2D eigenvalue weighted by atomic mass is 10.1. The number of amides is 1. The Kier molecular flexibility index (Phi) is 4.48. The van der Waals surface area contributed by atoms with Crippen LogP contribution in [0.15, 0.2) is 42.5 Å². The number of nitrogens with zero attached hydrogens (tertiary/aromatic N) is 1. The Bertz CT molecular complexity index is 633. The minimum atomic E-state index is -0.0422. The zero-order valence-electron chi connectivity index (χ0n) is 12.7. The summed E-state index contributed by atoms with van der Waals surface area (Å²) in [4.78, 5) is 13.5. The highest BCUT2D eigenvalue weighted by atomic mass is 16.2. The minimum Gasteiger partial charge on any atom is -0.397 e. The second-order valence-corrected chi connectivity index (χ2v) is 5.18. The van der Waals surface area contributed by atoms with Crippen molar-refractivity contribution in [1.82, 2.24) is 4.90 Å². The van der Waals surface area contributed by atoms with E-state index in [2.05, 4.69) is 24.4 Å². The van der Waals surface area contributed by atoms with Gasteiger partial charge in [-0.25, -0.2) is 0 Å². The van der Waals surface area contributed by atoms with Gasteiger partial charge in [0.05, 0.1) is 11.4 Å². The number of anilines is 3. The van der Waals surface area contributed by atoms with Gasteiger partial charge in [-0.3, -0.25) is 4.79 Å². The molecule has 2 aromatic carbocycles. The lowest BCUT2D eigenvalue weighted by molar-refractivity contribution is 0.0827. The highest BCUT2D eigenvalue weighted by molar-refractivity contribution is 5.96. The van der Waals surface area contributed by atoms with Crippen molar-refractivity contribution in [3.63, 3.8) is 0 Å². The van der Waals surface area contributed by atoms with E-state index in [1.165, 1.54) is 5.56 Å². The number of aryl methyl sites for hydroxylation is 1. The van der Waals surface area contributed by atoms with Crippen LogP contribution in [0.5, 0.6) is 0 Å². The Morgan fingerprint density at radius 1 is 1.14 bits per heavy atom. The highest BCUT2D eigenvalue weighted by Gasteiger charge is 2.10. The van der Waals surface area contributed by atoms with Crippen molar-refractivity contribution >= 4 is 23.0 Å². The largest absolute Gasteiger partial charge is 0.397 e. The molecule has 0 aliphatic carbocycles. The number of carbonyl (C=O) groups is 1. The first-order valence-electron chi connectivity index (χ1n) is 6.98. The molecule has 4 heteroatoms. The third-order valence-electron chi connectivity index (χ3n) is 3.35. The Labute approximate surface area is 125 Å². The average Bonchev–Trinajstić information content (AvgIpc) is 2.49. The predicted molar refractivity (Wildman–Crippen MR) is 88.0 cm³/mol. The molecule has 21 heavy (non-hydrogen) atoms. The Hall–Kier alpha value is -2.49. The van der Waals surface area contributed by atoms with Crippen LogP contribution in [0.3, 0.4) is 0 Å². The number of carbonyl (C=O) groups excluding carboxylic acids is 1. The van der Waals surface area contributed by atoms with Crippen LogP contribution in [0.25, 0.3) is 0 Å². The van der Waals surface area contributed by atoms with Crippen molar-refractivity contribution in [3.05, 3.63) is 53.6 Å². The van der Waals surface area contributed by atoms with Crippen LogP contribution in [-0.2, 0) is 6.42 Å². The molecule has 2 aromatic rings. The molecule has 0 heterocycles. The topological polar surface area (TPSA) is 58.4 Å². The monoisotopic (exact) mass is 283 g/mol. The summed E-state index contributed by atoms with van der Waals surface area (Å²) in [7, 11) is 3.46. The summed E-state index contributed by atoms with van der Waals surface area (Å²) in [6.07, 6.45) is 1.01. The normalized spacial score (nSPS) is 10.2. The van der Waals surface area contributed by atoms with E-state index >= 15 is 0 Å². The van der Waals surface area contributed by atoms with Crippen molar-refractivity contribution in [3.8, 4) is 0 Å². The maximum atomic E-state index is 12.0. The van der Waals surface area contributed by atoms with Gasteiger partial charge >= 0.3 is 0 Å². The molecule has 0 unspecified atom stereocenters. The molecule has 110 valence electrons. The van der Waals surface area contributed by atoms with Gasteiger partial charge in [-0.2, -0.15) is 0 Å².